The van der Waals surface area contributed by atoms with E-state index in [1.807, 2.05) is 30.3 Å². The summed E-state index contributed by atoms with van der Waals surface area (Å²) in [7, 11) is 1.69. The molecule has 8 heteroatoms. The number of hydrogen-bond donors (Lipinski definition) is 1. The average Bonchev–Trinajstić information content (AvgIpc) is 3.55. The number of ether oxygens (including phenoxy) is 2. The van der Waals surface area contributed by atoms with Gasteiger partial charge < -0.3 is 24.4 Å². The van der Waals surface area contributed by atoms with Crippen LogP contribution in [-0.2, 0) is 12.8 Å². The van der Waals surface area contributed by atoms with Crippen LogP contribution < -0.4 is 19.3 Å². The number of fused-ring (bicyclic) bond motifs is 6. The summed E-state index contributed by atoms with van der Waals surface area (Å²) < 4.78 is 28.7. The zero-order valence-electron chi connectivity index (χ0n) is 29.3. The fourth-order valence-corrected chi connectivity index (χ4v) is 9.80. The zero-order valence-corrected chi connectivity index (χ0v) is 29.3. The van der Waals surface area contributed by atoms with Crippen LogP contribution in [-0.4, -0.2) is 74.8 Å². The molecule has 7 nitrogen and oxygen atoms in total. The normalized spacial score (nSPS) is 23.3. The Labute approximate surface area is 299 Å². The number of piperidine rings is 1. The maximum absolute atomic E-state index is 16.3. The van der Waals surface area contributed by atoms with E-state index < -0.39 is 0 Å². The number of carbonyl (C=O) groups is 1. The molecule has 2 fully saturated rings. The number of carbonyl (C=O) groups excluding carboxylic acids is 1. The molecule has 3 aliphatic heterocycles. The number of anilines is 2. The van der Waals surface area contributed by atoms with E-state index in [2.05, 4.69) is 45.0 Å². The SMILES string of the molecule is COc1cc(N2CCC(CN3CCN4c5ccc6c(c5OCC4C3)CCC6=O)CC2)c(F)cc1C1c2ccc(O)cc2CCC1c1ccccc1. The molecule has 2 aliphatic carbocycles. The standard InChI is InChI=1S/C43H46FN3O4/c1-50-41-23-39(37(44)22-36(41)42-32(28-5-3-2-4-6-28)9-7-29-21-31(48)8-10-33(29)42)46-17-15-27(16-18-46)24-45-19-20-47-30(25-45)26-51-43-35-12-14-40(49)34(35)11-13-38(43)47/h2-6,8,10-11,13,21-23,27,30,32,42,48H,7,9,12,14-20,24-26H2,1H3. The molecule has 0 amide bonds. The molecule has 0 bridgehead atoms. The third-order valence-corrected chi connectivity index (χ3v) is 12.4. The quantitative estimate of drug-likeness (QED) is 0.228. The molecule has 4 aromatic rings. The lowest BCUT2D eigenvalue weighted by molar-refractivity contribution is 0.0994. The fourth-order valence-electron chi connectivity index (χ4n) is 9.80. The predicted octanol–water partition coefficient (Wildman–Crippen LogP) is 7.33. The molecule has 3 atom stereocenters. The Kier molecular flexibility index (Phi) is 8.38. The summed E-state index contributed by atoms with van der Waals surface area (Å²) in [6.07, 6.45) is 5.18. The summed E-state index contributed by atoms with van der Waals surface area (Å²) in [5.74, 6) is 2.59. The van der Waals surface area contributed by atoms with Crippen LogP contribution in [0.15, 0.2) is 72.8 Å². The summed E-state index contributed by atoms with van der Waals surface area (Å²) in [6, 6.07) is 24.2. The minimum absolute atomic E-state index is 0.0884. The molecule has 0 saturated carbocycles. The highest BCUT2D eigenvalue weighted by Gasteiger charge is 2.38. The number of rotatable bonds is 6. The second-order valence-corrected chi connectivity index (χ2v) is 15.2. The van der Waals surface area contributed by atoms with Gasteiger partial charge in [-0.2, -0.15) is 0 Å². The fraction of sp³-hybridized carbons (Fsp3) is 0.419. The maximum Gasteiger partial charge on any atom is 0.163 e. The Bertz CT molecular complexity index is 1960. The van der Waals surface area contributed by atoms with Crippen LogP contribution in [0.1, 0.15) is 75.7 Å². The van der Waals surface area contributed by atoms with Crippen LogP contribution >= 0.6 is 0 Å². The predicted molar refractivity (Wildman–Crippen MR) is 198 cm³/mol. The lowest BCUT2D eigenvalue weighted by Gasteiger charge is -2.47. The second kappa shape index (κ2) is 13.2. The topological polar surface area (TPSA) is 65.5 Å². The summed E-state index contributed by atoms with van der Waals surface area (Å²) in [5, 5.41) is 10.3. The third-order valence-electron chi connectivity index (χ3n) is 12.4. The molecule has 264 valence electrons. The van der Waals surface area contributed by atoms with Gasteiger partial charge in [-0.15, -0.1) is 0 Å². The number of ketones is 1. The maximum atomic E-state index is 16.3. The number of aromatic hydroxyl groups is 1. The first-order valence-corrected chi connectivity index (χ1v) is 18.7. The number of methoxy groups -OCH3 is 1. The van der Waals surface area contributed by atoms with Gasteiger partial charge in [0, 0.05) is 74.4 Å². The zero-order chi connectivity index (χ0) is 34.6. The Balaban J connectivity index is 0.884. The van der Waals surface area contributed by atoms with Crippen molar-refractivity contribution in [3.63, 3.8) is 0 Å². The Morgan fingerprint density at radius 1 is 0.882 bits per heavy atom. The van der Waals surface area contributed by atoms with Gasteiger partial charge in [0.1, 0.15) is 29.7 Å². The molecule has 0 aromatic heterocycles. The summed E-state index contributed by atoms with van der Waals surface area (Å²) in [4.78, 5) is 19.6. The first-order chi connectivity index (χ1) is 24.9. The van der Waals surface area contributed by atoms with Gasteiger partial charge in [-0.25, -0.2) is 4.39 Å². The van der Waals surface area contributed by atoms with Gasteiger partial charge in [-0.3, -0.25) is 9.69 Å². The van der Waals surface area contributed by atoms with Crippen molar-refractivity contribution >= 4 is 17.2 Å². The number of benzene rings is 4. The van der Waals surface area contributed by atoms with Crippen LogP contribution in [0.3, 0.4) is 0 Å². The van der Waals surface area contributed by atoms with E-state index in [9.17, 15) is 9.90 Å². The summed E-state index contributed by atoms with van der Waals surface area (Å²) in [5.41, 5.74) is 8.06. The number of Topliss-reactive ketones (excluding diaryl/α,β-unsaturated/α-hetero) is 1. The van der Waals surface area contributed by atoms with E-state index in [0.717, 1.165) is 111 Å². The number of halogens is 1. The molecular weight excluding hydrogens is 641 g/mol. The van der Waals surface area contributed by atoms with Crippen molar-refractivity contribution in [2.45, 2.75) is 56.4 Å². The van der Waals surface area contributed by atoms with Gasteiger partial charge in [0.25, 0.3) is 0 Å². The molecule has 9 rings (SSSR count). The van der Waals surface area contributed by atoms with Gasteiger partial charge in [0.15, 0.2) is 5.78 Å². The molecule has 1 N–H and O–H groups in total. The molecule has 4 aromatic carbocycles. The highest BCUT2D eigenvalue weighted by molar-refractivity contribution is 6.02. The molecule has 0 spiro atoms. The van der Waals surface area contributed by atoms with E-state index in [4.69, 9.17) is 9.47 Å². The number of piperazine rings is 1. The van der Waals surface area contributed by atoms with Crippen molar-refractivity contribution in [2.24, 2.45) is 5.92 Å². The van der Waals surface area contributed by atoms with Crippen LogP contribution in [0.5, 0.6) is 17.2 Å². The number of phenols is 1. The van der Waals surface area contributed by atoms with Gasteiger partial charge in [-0.1, -0.05) is 36.4 Å². The number of phenolic OH excluding ortho intramolecular Hbond substituents is 1. The lowest BCUT2D eigenvalue weighted by atomic mass is 9.69. The Hall–Kier alpha value is -4.56. The van der Waals surface area contributed by atoms with E-state index >= 15 is 4.39 Å². The first kappa shape index (κ1) is 32.4. The van der Waals surface area contributed by atoms with Crippen LogP contribution in [0.2, 0.25) is 0 Å². The van der Waals surface area contributed by atoms with Crippen molar-refractivity contribution in [2.75, 3.05) is 62.8 Å². The summed E-state index contributed by atoms with van der Waals surface area (Å²) >= 11 is 0. The van der Waals surface area contributed by atoms with Gasteiger partial charge in [-0.05, 0) is 91.0 Å². The van der Waals surface area contributed by atoms with Gasteiger partial charge in [0.2, 0.25) is 0 Å². The van der Waals surface area contributed by atoms with Gasteiger partial charge in [0.05, 0.1) is 24.5 Å². The van der Waals surface area contributed by atoms with E-state index in [0.29, 0.717) is 36.4 Å². The highest BCUT2D eigenvalue weighted by atomic mass is 19.1. The van der Waals surface area contributed by atoms with Crippen molar-refractivity contribution in [1.29, 1.82) is 0 Å². The first-order valence-electron chi connectivity index (χ1n) is 18.7. The van der Waals surface area contributed by atoms with E-state index in [-0.39, 0.29) is 29.2 Å². The van der Waals surface area contributed by atoms with Crippen molar-refractivity contribution in [1.82, 2.24) is 4.90 Å². The highest BCUT2D eigenvalue weighted by Crippen LogP contribution is 2.50. The smallest absolute Gasteiger partial charge is 0.163 e. The number of aryl methyl sites for hydroxylation is 1. The largest absolute Gasteiger partial charge is 0.508 e. The van der Waals surface area contributed by atoms with E-state index in [1.54, 1.807) is 19.2 Å². The molecule has 3 heterocycles. The molecule has 0 radical (unpaired) electrons. The molecule has 5 aliphatic rings. The third kappa shape index (κ3) is 5.81. The molecule has 3 unspecified atom stereocenters. The monoisotopic (exact) mass is 687 g/mol. The second-order valence-electron chi connectivity index (χ2n) is 15.2. The van der Waals surface area contributed by atoms with Crippen LogP contribution in [0.4, 0.5) is 15.8 Å². The lowest BCUT2D eigenvalue weighted by Crippen LogP contribution is -2.58. The number of hydrogen-bond acceptors (Lipinski definition) is 7. The number of nitrogens with zero attached hydrogens (tertiary/aromatic N) is 3. The molecular formula is C43H46FN3O4. The van der Waals surface area contributed by atoms with Gasteiger partial charge >= 0.3 is 0 Å². The van der Waals surface area contributed by atoms with Crippen LogP contribution in [0.25, 0.3) is 0 Å². The van der Waals surface area contributed by atoms with Crippen molar-refractivity contribution in [3.8, 4) is 17.2 Å². The minimum atomic E-state index is -0.203. The Morgan fingerprint density at radius 3 is 2.55 bits per heavy atom. The minimum Gasteiger partial charge on any atom is -0.508 e. The molecule has 51 heavy (non-hydrogen) atoms. The summed E-state index contributed by atoms with van der Waals surface area (Å²) in [6.45, 7) is 6.26. The van der Waals surface area contributed by atoms with Crippen molar-refractivity contribution in [3.05, 3.63) is 112 Å². The van der Waals surface area contributed by atoms with Crippen molar-refractivity contribution < 1.29 is 23.8 Å². The molecule has 2 saturated heterocycles. The van der Waals surface area contributed by atoms with Crippen LogP contribution in [0, 0.1) is 11.7 Å². The average molecular weight is 688 g/mol. The van der Waals surface area contributed by atoms with E-state index in [1.165, 1.54) is 5.56 Å². The Morgan fingerprint density at radius 2 is 1.73 bits per heavy atom.